The van der Waals surface area contributed by atoms with E-state index in [1.165, 1.54) is 11.4 Å². The smallest absolute Gasteiger partial charge is 0.191 e. The molecule has 174 valence electrons. The molecule has 1 atom stereocenters. The third-order valence-corrected chi connectivity index (χ3v) is 6.60. The predicted molar refractivity (Wildman–Crippen MR) is 147 cm³/mol. The molecule has 4 rings (SSSR count). The molecule has 2 aromatic rings. The fourth-order valence-electron chi connectivity index (χ4n) is 4.38. The summed E-state index contributed by atoms with van der Waals surface area (Å²) in [6.45, 7) is 6.86. The van der Waals surface area contributed by atoms with Crippen molar-refractivity contribution in [3.05, 3.63) is 59.1 Å². The Hall–Kier alpha value is -1.71. The highest BCUT2D eigenvalue weighted by Crippen LogP contribution is 2.28. The van der Waals surface area contributed by atoms with Crippen molar-refractivity contribution < 1.29 is 0 Å². The topological polar surface area (TPSA) is 46.1 Å². The number of rotatable bonds is 5. The first-order chi connectivity index (χ1) is 15.1. The van der Waals surface area contributed by atoms with Crippen LogP contribution in [0, 0.1) is 0 Å². The van der Waals surface area contributed by atoms with Crippen molar-refractivity contribution in [2.75, 3.05) is 63.2 Å². The number of guanidine groups is 1. The minimum absolute atomic E-state index is 0. The van der Waals surface area contributed by atoms with Crippen LogP contribution in [0.3, 0.4) is 0 Å². The van der Waals surface area contributed by atoms with Crippen LogP contribution < -0.4 is 20.4 Å². The standard InChI is InChI=1S/C24H33ClN6.HI/c1-26-24(28-19-11-12-31(18-19)20-7-4-3-5-8-20)27-17-21-22(25)9-6-10-23(21)30-15-13-29(2)14-16-30;/h3-10,19H,11-18H2,1-2H3,(H2,26,27,28);1H. The maximum atomic E-state index is 6.62. The van der Waals surface area contributed by atoms with Gasteiger partial charge in [0.05, 0.1) is 0 Å². The molecule has 0 aromatic heterocycles. The summed E-state index contributed by atoms with van der Waals surface area (Å²) < 4.78 is 0. The third kappa shape index (κ3) is 6.20. The number of aliphatic imine (C=N–C) groups is 1. The maximum Gasteiger partial charge on any atom is 0.191 e. The number of benzene rings is 2. The summed E-state index contributed by atoms with van der Waals surface area (Å²) >= 11 is 6.62. The van der Waals surface area contributed by atoms with Crippen LogP contribution in [-0.2, 0) is 6.54 Å². The highest BCUT2D eigenvalue weighted by atomic mass is 127. The molecule has 0 radical (unpaired) electrons. The zero-order valence-corrected chi connectivity index (χ0v) is 22.0. The first kappa shape index (κ1) is 24.9. The molecule has 2 aliphatic rings. The summed E-state index contributed by atoms with van der Waals surface area (Å²) in [7, 11) is 4.00. The van der Waals surface area contributed by atoms with Gasteiger partial charge in [0.15, 0.2) is 5.96 Å². The van der Waals surface area contributed by atoms with Gasteiger partial charge in [-0.25, -0.2) is 0 Å². The molecule has 0 saturated carbocycles. The number of halogens is 2. The van der Waals surface area contributed by atoms with Gasteiger partial charge in [-0.05, 0) is 37.7 Å². The van der Waals surface area contributed by atoms with Crippen LogP contribution in [0.25, 0.3) is 0 Å². The van der Waals surface area contributed by atoms with Crippen molar-refractivity contribution in [2.45, 2.75) is 19.0 Å². The van der Waals surface area contributed by atoms with E-state index in [1.54, 1.807) is 0 Å². The van der Waals surface area contributed by atoms with Gasteiger partial charge in [-0.1, -0.05) is 35.9 Å². The van der Waals surface area contributed by atoms with E-state index in [1.807, 2.05) is 19.2 Å². The first-order valence-electron chi connectivity index (χ1n) is 11.1. The number of piperazine rings is 1. The van der Waals surface area contributed by atoms with Gasteiger partial charge in [0.1, 0.15) is 0 Å². The van der Waals surface area contributed by atoms with Crippen LogP contribution in [0.4, 0.5) is 11.4 Å². The van der Waals surface area contributed by atoms with E-state index in [-0.39, 0.29) is 24.0 Å². The van der Waals surface area contributed by atoms with Gasteiger partial charge in [-0.2, -0.15) is 0 Å². The van der Waals surface area contributed by atoms with Crippen molar-refractivity contribution in [2.24, 2.45) is 4.99 Å². The fourth-order valence-corrected chi connectivity index (χ4v) is 4.61. The Labute approximate surface area is 214 Å². The molecule has 2 aromatic carbocycles. The normalized spacial score (nSPS) is 19.6. The Morgan fingerprint density at radius 2 is 1.75 bits per heavy atom. The molecule has 2 saturated heterocycles. The molecule has 0 bridgehead atoms. The molecule has 1 unspecified atom stereocenters. The number of likely N-dealkylation sites (N-methyl/N-ethyl adjacent to an activating group) is 1. The molecule has 0 spiro atoms. The number of nitrogens with one attached hydrogen (secondary N) is 2. The monoisotopic (exact) mass is 568 g/mol. The quantitative estimate of drug-likeness (QED) is 0.328. The Morgan fingerprint density at radius 3 is 2.47 bits per heavy atom. The van der Waals surface area contributed by atoms with Gasteiger partial charge in [0.2, 0.25) is 0 Å². The zero-order valence-electron chi connectivity index (χ0n) is 18.9. The predicted octanol–water partition coefficient (Wildman–Crippen LogP) is 3.65. The molecular weight excluding hydrogens is 535 g/mol. The van der Waals surface area contributed by atoms with Gasteiger partial charge in [-0.15, -0.1) is 24.0 Å². The molecule has 8 heteroatoms. The highest BCUT2D eigenvalue weighted by molar-refractivity contribution is 14.0. The number of nitrogens with zero attached hydrogens (tertiary/aromatic N) is 4. The molecule has 32 heavy (non-hydrogen) atoms. The molecule has 2 fully saturated rings. The Morgan fingerprint density at radius 1 is 1.00 bits per heavy atom. The summed E-state index contributed by atoms with van der Waals surface area (Å²) in [4.78, 5) is 11.7. The minimum Gasteiger partial charge on any atom is -0.369 e. The lowest BCUT2D eigenvalue weighted by atomic mass is 10.1. The molecule has 0 amide bonds. The summed E-state index contributed by atoms with van der Waals surface area (Å²) in [6, 6.07) is 17.2. The first-order valence-corrected chi connectivity index (χ1v) is 11.5. The average molecular weight is 569 g/mol. The third-order valence-electron chi connectivity index (χ3n) is 6.24. The van der Waals surface area contributed by atoms with E-state index in [0.717, 1.165) is 62.2 Å². The van der Waals surface area contributed by atoms with E-state index >= 15 is 0 Å². The number of hydrogen-bond donors (Lipinski definition) is 2. The minimum atomic E-state index is 0. The molecule has 6 nitrogen and oxygen atoms in total. The number of anilines is 2. The second-order valence-electron chi connectivity index (χ2n) is 8.37. The van der Waals surface area contributed by atoms with Crippen molar-refractivity contribution >= 4 is 52.9 Å². The van der Waals surface area contributed by atoms with Crippen LogP contribution in [-0.4, -0.2) is 70.3 Å². The summed E-state index contributed by atoms with van der Waals surface area (Å²) in [6.07, 6.45) is 1.09. The van der Waals surface area contributed by atoms with Crippen LogP contribution in [0.15, 0.2) is 53.5 Å². The maximum absolute atomic E-state index is 6.62. The van der Waals surface area contributed by atoms with E-state index in [0.29, 0.717) is 12.6 Å². The van der Waals surface area contributed by atoms with Crippen LogP contribution in [0.1, 0.15) is 12.0 Å². The molecular formula is C24H34ClIN6. The fraction of sp³-hybridized carbons (Fsp3) is 0.458. The van der Waals surface area contributed by atoms with Gasteiger partial charge in [0.25, 0.3) is 0 Å². The second kappa shape index (κ2) is 12.0. The Bertz CT molecular complexity index is 885. The lowest BCUT2D eigenvalue weighted by Crippen LogP contribution is -2.46. The number of para-hydroxylation sites is 1. The average Bonchev–Trinajstić information content (AvgIpc) is 3.27. The highest BCUT2D eigenvalue weighted by Gasteiger charge is 2.24. The van der Waals surface area contributed by atoms with E-state index in [4.69, 9.17) is 11.6 Å². The molecule has 0 aliphatic carbocycles. The van der Waals surface area contributed by atoms with Gasteiger partial charge < -0.3 is 25.3 Å². The lowest BCUT2D eigenvalue weighted by Gasteiger charge is -2.35. The largest absolute Gasteiger partial charge is 0.369 e. The Kier molecular flexibility index (Phi) is 9.31. The van der Waals surface area contributed by atoms with Gasteiger partial charge in [-0.3, -0.25) is 4.99 Å². The van der Waals surface area contributed by atoms with E-state index in [2.05, 4.69) is 73.8 Å². The van der Waals surface area contributed by atoms with E-state index < -0.39 is 0 Å². The lowest BCUT2D eigenvalue weighted by molar-refractivity contribution is 0.312. The number of hydrogen-bond acceptors (Lipinski definition) is 4. The van der Waals surface area contributed by atoms with Crippen LogP contribution in [0.2, 0.25) is 5.02 Å². The zero-order chi connectivity index (χ0) is 21.6. The SMILES string of the molecule is CN=C(NCc1c(Cl)cccc1N1CCN(C)CC1)NC1CCN(c2ccccc2)C1.I. The van der Waals surface area contributed by atoms with Crippen molar-refractivity contribution in [1.29, 1.82) is 0 Å². The second-order valence-corrected chi connectivity index (χ2v) is 8.77. The van der Waals surface area contributed by atoms with Crippen LogP contribution >= 0.6 is 35.6 Å². The summed E-state index contributed by atoms with van der Waals surface area (Å²) in [5.74, 6) is 0.823. The van der Waals surface area contributed by atoms with Crippen molar-refractivity contribution in [1.82, 2.24) is 15.5 Å². The van der Waals surface area contributed by atoms with E-state index in [9.17, 15) is 0 Å². The molecule has 2 N–H and O–H groups in total. The summed E-state index contributed by atoms with van der Waals surface area (Å²) in [5, 5.41) is 7.89. The van der Waals surface area contributed by atoms with Crippen LogP contribution in [0.5, 0.6) is 0 Å². The van der Waals surface area contributed by atoms with Crippen molar-refractivity contribution in [3.8, 4) is 0 Å². The van der Waals surface area contributed by atoms with Crippen molar-refractivity contribution in [3.63, 3.8) is 0 Å². The molecule has 2 heterocycles. The Balaban J connectivity index is 0.00000289. The van der Waals surface area contributed by atoms with Gasteiger partial charge in [0, 0.05) is 80.9 Å². The van der Waals surface area contributed by atoms with Gasteiger partial charge >= 0.3 is 0 Å². The summed E-state index contributed by atoms with van der Waals surface area (Å²) in [5.41, 5.74) is 3.64. The molecule has 2 aliphatic heterocycles.